The predicted molar refractivity (Wildman–Crippen MR) is 92.2 cm³/mol. The minimum absolute atomic E-state index is 0.310. The van der Waals surface area contributed by atoms with Gasteiger partial charge in [-0.15, -0.1) is 0 Å². The van der Waals surface area contributed by atoms with Crippen molar-refractivity contribution in [2.24, 2.45) is 5.92 Å². The number of nitrogens with two attached hydrogens (primary N) is 1. The van der Waals surface area contributed by atoms with Crippen LogP contribution in [0.25, 0.3) is 0 Å². The van der Waals surface area contributed by atoms with Gasteiger partial charge in [0.25, 0.3) is 0 Å². The fraction of sp³-hybridized carbons (Fsp3) is 0.438. The van der Waals surface area contributed by atoms with Crippen LogP contribution in [0.1, 0.15) is 19.0 Å². The fourth-order valence-electron chi connectivity index (χ4n) is 2.97. The van der Waals surface area contributed by atoms with Gasteiger partial charge in [0, 0.05) is 31.9 Å². The van der Waals surface area contributed by atoms with E-state index in [0.717, 1.165) is 31.7 Å². The van der Waals surface area contributed by atoms with Crippen molar-refractivity contribution in [2.75, 3.05) is 24.1 Å². The summed E-state index contributed by atoms with van der Waals surface area (Å²) in [4.78, 5) is 14.9. The van der Waals surface area contributed by atoms with Gasteiger partial charge in [-0.3, -0.25) is 9.88 Å². The van der Waals surface area contributed by atoms with Crippen molar-refractivity contribution in [3.8, 4) is 0 Å². The van der Waals surface area contributed by atoms with Crippen molar-refractivity contribution >= 4 is 23.2 Å². The van der Waals surface area contributed by atoms with E-state index in [4.69, 9.17) is 17.3 Å². The molecule has 0 saturated carbocycles. The summed E-state index contributed by atoms with van der Waals surface area (Å²) in [6, 6.07) is 6.36. The van der Waals surface area contributed by atoms with Crippen molar-refractivity contribution < 1.29 is 0 Å². The number of aromatic nitrogens is 3. The lowest BCUT2D eigenvalue weighted by molar-refractivity contribution is 0.163. The van der Waals surface area contributed by atoms with Crippen LogP contribution in [0.4, 0.5) is 11.6 Å². The van der Waals surface area contributed by atoms with Gasteiger partial charge < -0.3 is 11.1 Å². The molecular formula is C16H21ClN6. The second-order valence-corrected chi connectivity index (χ2v) is 6.37. The van der Waals surface area contributed by atoms with Crippen LogP contribution in [0.2, 0.25) is 5.02 Å². The lowest BCUT2D eigenvalue weighted by atomic mass is 9.93. The average Bonchev–Trinajstić information content (AvgIpc) is 2.55. The number of pyridine rings is 1. The highest BCUT2D eigenvalue weighted by Gasteiger charge is 2.27. The monoisotopic (exact) mass is 332 g/mol. The molecule has 6 nitrogen and oxygen atoms in total. The Morgan fingerprint density at radius 2 is 2.22 bits per heavy atom. The Bertz CT molecular complexity index is 650. The van der Waals surface area contributed by atoms with Gasteiger partial charge in [0.05, 0.1) is 5.69 Å². The number of nitrogen functional groups attached to an aromatic ring is 1. The zero-order valence-corrected chi connectivity index (χ0v) is 13.9. The number of piperidine rings is 1. The zero-order valence-electron chi connectivity index (χ0n) is 13.1. The molecule has 1 saturated heterocycles. The maximum Gasteiger partial charge on any atom is 0.150 e. The SMILES string of the molecule is C[C@H]1CN(Cc2ccccn2)CC[C@@H]1Nc1ncnc(N)c1Cl. The Morgan fingerprint density at radius 3 is 2.96 bits per heavy atom. The number of nitrogens with zero attached hydrogens (tertiary/aromatic N) is 4. The molecule has 0 bridgehead atoms. The first-order valence-electron chi connectivity index (χ1n) is 7.78. The first-order valence-corrected chi connectivity index (χ1v) is 8.16. The largest absolute Gasteiger partial charge is 0.382 e. The summed E-state index contributed by atoms with van der Waals surface area (Å²) in [5.41, 5.74) is 6.84. The Labute approximate surface area is 141 Å². The molecule has 23 heavy (non-hydrogen) atoms. The Morgan fingerprint density at radius 1 is 1.35 bits per heavy atom. The normalized spacial score (nSPS) is 22.0. The van der Waals surface area contributed by atoms with Crippen LogP contribution < -0.4 is 11.1 Å². The summed E-state index contributed by atoms with van der Waals surface area (Å²) >= 11 is 6.16. The molecule has 0 spiro atoms. The molecule has 2 aromatic rings. The maximum atomic E-state index is 6.16. The van der Waals surface area contributed by atoms with Crippen LogP contribution in [-0.4, -0.2) is 39.0 Å². The van der Waals surface area contributed by atoms with E-state index in [1.165, 1.54) is 6.33 Å². The number of anilines is 2. The van der Waals surface area contributed by atoms with E-state index in [9.17, 15) is 0 Å². The Balaban J connectivity index is 1.59. The van der Waals surface area contributed by atoms with Crippen LogP contribution in [-0.2, 0) is 6.54 Å². The van der Waals surface area contributed by atoms with Crippen LogP contribution in [0, 0.1) is 5.92 Å². The van der Waals surface area contributed by atoms with Gasteiger partial charge in [0.1, 0.15) is 17.2 Å². The van der Waals surface area contributed by atoms with Crippen molar-refractivity contribution in [3.63, 3.8) is 0 Å². The molecule has 0 radical (unpaired) electrons. The van der Waals surface area contributed by atoms with E-state index in [1.807, 2.05) is 18.3 Å². The van der Waals surface area contributed by atoms with Crippen LogP contribution >= 0.6 is 11.6 Å². The van der Waals surface area contributed by atoms with Gasteiger partial charge in [0.2, 0.25) is 0 Å². The molecule has 3 rings (SSSR count). The number of rotatable bonds is 4. The Kier molecular flexibility index (Phi) is 4.93. The lowest BCUT2D eigenvalue weighted by Crippen LogP contribution is -2.45. The van der Waals surface area contributed by atoms with Gasteiger partial charge in [0.15, 0.2) is 5.82 Å². The lowest BCUT2D eigenvalue weighted by Gasteiger charge is -2.37. The first kappa shape index (κ1) is 16.0. The van der Waals surface area contributed by atoms with Gasteiger partial charge in [-0.1, -0.05) is 24.6 Å². The van der Waals surface area contributed by atoms with Crippen LogP contribution in [0.3, 0.4) is 0 Å². The van der Waals surface area contributed by atoms with Crippen LogP contribution in [0.15, 0.2) is 30.7 Å². The summed E-state index contributed by atoms with van der Waals surface area (Å²) in [7, 11) is 0. The summed E-state index contributed by atoms with van der Waals surface area (Å²) in [5.74, 6) is 1.40. The van der Waals surface area contributed by atoms with E-state index < -0.39 is 0 Å². The zero-order chi connectivity index (χ0) is 16.2. The highest BCUT2D eigenvalue weighted by molar-refractivity contribution is 6.35. The van der Waals surface area contributed by atoms with Crippen molar-refractivity contribution in [3.05, 3.63) is 41.4 Å². The molecule has 0 aromatic carbocycles. The minimum atomic E-state index is 0.310. The average molecular weight is 333 g/mol. The smallest absolute Gasteiger partial charge is 0.150 e. The van der Waals surface area contributed by atoms with Gasteiger partial charge in [-0.05, 0) is 24.5 Å². The van der Waals surface area contributed by atoms with Crippen molar-refractivity contribution in [2.45, 2.75) is 25.9 Å². The third-order valence-corrected chi connectivity index (χ3v) is 4.61. The van der Waals surface area contributed by atoms with Crippen molar-refractivity contribution in [1.82, 2.24) is 19.9 Å². The molecule has 122 valence electrons. The van der Waals surface area contributed by atoms with E-state index in [2.05, 4.69) is 38.2 Å². The second-order valence-electron chi connectivity index (χ2n) is 5.99. The molecule has 0 aliphatic carbocycles. The molecule has 3 heterocycles. The molecule has 1 fully saturated rings. The van der Waals surface area contributed by atoms with E-state index in [1.54, 1.807) is 0 Å². The third-order valence-electron chi connectivity index (χ3n) is 4.24. The summed E-state index contributed by atoms with van der Waals surface area (Å²) in [5, 5.41) is 3.82. The Hall–Kier alpha value is -1.92. The number of nitrogens with one attached hydrogen (secondary N) is 1. The highest BCUT2D eigenvalue weighted by Crippen LogP contribution is 2.27. The quantitative estimate of drug-likeness (QED) is 0.895. The number of halogens is 1. The minimum Gasteiger partial charge on any atom is -0.382 e. The number of likely N-dealkylation sites (tertiary alicyclic amines) is 1. The first-order chi connectivity index (χ1) is 11.1. The van der Waals surface area contributed by atoms with Crippen LogP contribution in [0.5, 0.6) is 0 Å². The maximum absolute atomic E-state index is 6.16. The molecular weight excluding hydrogens is 312 g/mol. The van der Waals surface area contributed by atoms with E-state index in [0.29, 0.717) is 28.6 Å². The molecule has 1 aliphatic heterocycles. The molecule has 7 heteroatoms. The van der Waals surface area contributed by atoms with Gasteiger partial charge >= 0.3 is 0 Å². The third kappa shape index (κ3) is 3.89. The van der Waals surface area contributed by atoms with E-state index >= 15 is 0 Å². The molecule has 2 aromatic heterocycles. The number of hydrogen-bond acceptors (Lipinski definition) is 6. The molecule has 0 unspecified atom stereocenters. The number of hydrogen-bond donors (Lipinski definition) is 2. The van der Waals surface area contributed by atoms with Gasteiger partial charge in [-0.25, -0.2) is 9.97 Å². The summed E-state index contributed by atoms with van der Waals surface area (Å²) in [6.45, 7) is 5.14. The molecule has 1 aliphatic rings. The molecule has 2 atom stereocenters. The summed E-state index contributed by atoms with van der Waals surface area (Å²) in [6.07, 6.45) is 4.30. The topological polar surface area (TPSA) is 80.0 Å². The molecule has 0 amide bonds. The predicted octanol–water partition coefficient (Wildman–Crippen LogP) is 2.43. The summed E-state index contributed by atoms with van der Waals surface area (Å²) < 4.78 is 0. The fourth-order valence-corrected chi connectivity index (χ4v) is 3.12. The van der Waals surface area contributed by atoms with E-state index in [-0.39, 0.29) is 0 Å². The standard InChI is InChI=1S/C16H21ClN6/c1-11-8-23(9-12-4-2-3-6-19-12)7-5-13(11)22-16-14(17)15(18)20-10-21-16/h2-4,6,10-11,13H,5,7-9H2,1H3,(H3,18,20,21,22)/t11-,13-/m0/s1. The van der Waals surface area contributed by atoms with Gasteiger partial charge in [-0.2, -0.15) is 0 Å². The van der Waals surface area contributed by atoms with Crippen molar-refractivity contribution in [1.29, 1.82) is 0 Å². The molecule has 3 N–H and O–H groups in total. The highest BCUT2D eigenvalue weighted by atomic mass is 35.5. The second kappa shape index (κ2) is 7.10.